The van der Waals surface area contributed by atoms with Crippen LogP contribution in [-0.2, 0) is 17.9 Å². The van der Waals surface area contributed by atoms with Gasteiger partial charge in [-0.05, 0) is 51.3 Å². The van der Waals surface area contributed by atoms with E-state index in [1.54, 1.807) is 12.1 Å². The van der Waals surface area contributed by atoms with Crippen molar-refractivity contribution in [2.24, 2.45) is 5.73 Å². The van der Waals surface area contributed by atoms with E-state index >= 15 is 0 Å². The minimum Gasteiger partial charge on any atom is -0.493 e. The molecule has 0 radical (unpaired) electrons. The number of hydrogen-bond acceptors (Lipinski definition) is 4. The molecule has 2 aromatic rings. The number of benzene rings is 2. The normalized spacial score (nSPS) is 10.5. The van der Waals surface area contributed by atoms with Gasteiger partial charge in [-0.25, -0.2) is 4.39 Å². The summed E-state index contributed by atoms with van der Waals surface area (Å²) in [4.78, 5) is 10.9. The molecule has 0 unspecified atom stereocenters. The second-order valence-electron chi connectivity index (χ2n) is 5.09. The van der Waals surface area contributed by atoms with Crippen molar-refractivity contribution in [3.05, 3.63) is 57.8 Å². The Bertz CT molecular complexity index is 708. The molecule has 0 spiro atoms. The summed E-state index contributed by atoms with van der Waals surface area (Å²) in [5, 5.41) is 3.27. The molecular weight excluding hydrogens is 379 g/mol. The summed E-state index contributed by atoms with van der Waals surface area (Å²) in [6.45, 7) is 0.972. The number of ether oxygens (including phenoxy) is 2. The van der Waals surface area contributed by atoms with Gasteiger partial charge in [-0.15, -0.1) is 0 Å². The van der Waals surface area contributed by atoms with Crippen LogP contribution in [0.2, 0.25) is 0 Å². The fourth-order valence-corrected chi connectivity index (χ4v) is 2.72. The van der Waals surface area contributed by atoms with Crippen molar-refractivity contribution in [3.63, 3.8) is 0 Å². The highest BCUT2D eigenvalue weighted by Gasteiger charge is 2.12. The van der Waals surface area contributed by atoms with Crippen molar-refractivity contribution < 1.29 is 18.7 Å². The monoisotopic (exact) mass is 396 g/mol. The molecule has 0 aromatic heterocycles. The first kappa shape index (κ1) is 18.2. The van der Waals surface area contributed by atoms with Gasteiger partial charge in [0.15, 0.2) is 18.1 Å². The molecule has 2 rings (SSSR count). The predicted molar refractivity (Wildman–Crippen MR) is 92.3 cm³/mol. The number of halogens is 2. The maximum atomic E-state index is 12.9. The van der Waals surface area contributed by atoms with Gasteiger partial charge in [0, 0.05) is 13.1 Å². The van der Waals surface area contributed by atoms with Crippen molar-refractivity contribution in [2.75, 3.05) is 13.7 Å². The van der Waals surface area contributed by atoms with E-state index < -0.39 is 5.91 Å². The number of rotatable bonds is 8. The van der Waals surface area contributed by atoms with E-state index in [9.17, 15) is 9.18 Å². The number of carbonyl (C=O) groups is 1. The van der Waals surface area contributed by atoms with Gasteiger partial charge in [0.05, 0.1) is 11.6 Å². The first-order valence-electron chi connectivity index (χ1n) is 7.22. The summed E-state index contributed by atoms with van der Waals surface area (Å²) in [5.74, 6) is 0.121. The van der Waals surface area contributed by atoms with Gasteiger partial charge in [0.1, 0.15) is 5.82 Å². The third-order valence-electron chi connectivity index (χ3n) is 3.22. The molecule has 0 saturated carbocycles. The Kier molecular flexibility index (Phi) is 6.57. The molecule has 1 amide bonds. The maximum absolute atomic E-state index is 12.9. The summed E-state index contributed by atoms with van der Waals surface area (Å²) < 4.78 is 24.2. The van der Waals surface area contributed by atoms with E-state index in [4.69, 9.17) is 15.2 Å². The van der Waals surface area contributed by atoms with Crippen LogP contribution in [-0.4, -0.2) is 19.6 Å². The lowest BCUT2D eigenvalue weighted by atomic mass is 10.2. The fourth-order valence-electron chi connectivity index (χ4n) is 2.11. The molecule has 0 bridgehead atoms. The van der Waals surface area contributed by atoms with E-state index in [-0.39, 0.29) is 12.4 Å². The van der Waals surface area contributed by atoms with Crippen LogP contribution in [0.5, 0.6) is 11.5 Å². The maximum Gasteiger partial charge on any atom is 0.255 e. The molecule has 3 N–H and O–H groups in total. The highest BCUT2D eigenvalue weighted by Crippen LogP contribution is 2.36. The van der Waals surface area contributed by atoms with Crippen molar-refractivity contribution in [3.8, 4) is 11.5 Å². The lowest BCUT2D eigenvalue weighted by Crippen LogP contribution is -2.20. The molecule has 0 fully saturated rings. The quantitative estimate of drug-likeness (QED) is 0.719. The number of primary amides is 1. The van der Waals surface area contributed by atoms with Crippen molar-refractivity contribution in [1.29, 1.82) is 0 Å². The zero-order chi connectivity index (χ0) is 17.5. The minimum absolute atomic E-state index is 0.225. The standard InChI is InChI=1S/C17H18BrFN2O3/c1-23-15-7-12(6-14(18)17(15)24-10-16(20)22)9-21-8-11-2-4-13(19)5-3-11/h2-7,21H,8-10H2,1H3,(H2,20,22). The average Bonchev–Trinajstić information content (AvgIpc) is 2.55. The molecule has 0 aliphatic rings. The Hall–Kier alpha value is -2.12. The number of nitrogens with one attached hydrogen (secondary N) is 1. The van der Waals surface area contributed by atoms with Gasteiger partial charge in [0.25, 0.3) is 5.91 Å². The van der Waals surface area contributed by atoms with Gasteiger partial charge in [-0.2, -0.15) is 0 Å². The summed E-state index contributed by atoms with van der Waals surface area (Å²) in [7, 11) is 1.52. The molecule has 2 aromatic carbocycles. The van der Waals surface area contributed by atoms with Gasteiger partial charge >= 0.3 is 0 Å². The molecule has 0 aliphatic heterocycles. The Morgan fingerprint density at radius 1 is 1.21 bits per heavy atom. The van der Waals surface area contributed by atoms with Crippen LogP contribution >= 0.6 is 15.9 Å². The number of hydrogen-bond donors (Lipinski definition) is 2. The van der Waals surface area contributed by atoms with E-state index in [1.807, 2.05) is 12.1 Å². The van der Waals surface area contributed by atoms with Crippen molar-refractivity contribution in [2.45, 2.75) is 13.1 Å². The first-order chi connectivity index (χ1) is 11.5. The Morgan fingerprint density at radius 2 is 1.88 bits per heavy atom. The zero-order valence-corrected chi connectivity index (χ0v) is 14.7. The van der Waals surface area contributed by atoms with Crippen molar-refractivity contribution >= 4 is 21.8 Å². The average molecular weight is 397 g/mol. The molecule has 0 heterocycles. The van der Waals surface area contributed by atoms with Crippen LogP contribution in [0.15, 0.2) is 40.9 Å². The van der Waals surface area contributed by atoms with Crippen molar-refractivity contribution in [1.82, 2.24) is 5.32 Å². The second kappa shape index (κ2) is 8.65. The highest BCUT2D eigenvalue weighted by molar-refractivity contribution is 9.10. The highest BCUT2D eigenvalue weighted by atomic mass is 79.9. The molecule has 0 atom stereocenters. The summed E-state index contributed by atoms with van der Waals surface area (Å²) in [6.07, 6.45) is 0. The molecule has 128 valence electrons. The van der Waals surface area contributed by atoms with Crippen LogP contribution in [0, 0.1) is 5.82 Å². The van der Waals surface area contributed by atoms with Crippen LogP contribution in [0.4, 0.5) is 4.39 Å². The first-order valence-corrected chi connectivity index (χ1v) is 8.01. The van der Waals surface area contributed by atoms with Crippen LogP contribution in [0.3, 0.4) is 0 Å². The molecule has 0 saturated heterocycles. The van der Waals surface area contributed by atoms with Crippen LogP contribution in [0.25, 0.3) is 0 Å². The Labute approximate surface area is 148 Å². The fraction of sp³-hybridized carbons (Fsp3) is 0.235. The molecule has 0 aliphatic carbocycles. The topological polar surface area (TPSA) is 73.6 Å². The van der Waals surface area contributed by atoms with E-state index in [1.165, 1.54) is 19.2 Å². The summed E-state index contributed by atoms with van der Waals surface area (Å²) in [5.41, 5.74) is 7.04. The third-order valence-corrected chi connectivity index (χ3v) is 3.81. The summed E-state index contributed by atoms with van der Waals surface area (Å²) in [6, 6.07) is 10.0. The molecule has 7 heteroatoms. The molecular formula is C17H18BrFN2O3. The SMILES string of the molecule is COc1cc(CNCc2ccc(F)cc2)cc(Br)c1OCC(N)=O. The lowest BCUT2D eigenvalue weighted by Gasteiger charge is -2.14. The van der Waals surface area contributed by atoms with E-state index in [0.717, 1.165) is 11.1 Å². The van der Waals surface area contributed by atoms with Crippen LogP contribution in [0.1, 0.15) is 11.1 Å². The predicted octanol–water partition coefficient (Wildman–Crippen LogP) is 2.75. The number of methoxy groups -OCH3 is 1. The van der Waals surface area contributed by atoms with Gasteiger partial charge in [-0.3, -0.25) is 4.79 Å². The van der Waals surface area contributed by atoms with Gasteiger partial charge in [-0.1, -0.05) is 12.1 Å². The van der Waals surface area contributed by atoms with Crippen LogP contribution < -0.4 is 20.5 Å². The van der Waals surface area contributed by atoms with Gasteiger partial charge < -0.3 is 20.5 Å². The number of amides is 1. The summed E-state index contributed by atoms with van der Waals surface area (Å²) >= 11 is 3.41. The largest absolute Gasteiger partial charge is 0.493 e. The van der Waals surface area contributed by atoms with E-state index in [0.29, 0.717) is 29.1 Å². The minimum atomic E-state index is -0.561. The van der Waals surface area contributed by atoms with E-state index in [2.05, 4.69) is 21.2 Å². The molecule has 5 nitrogen and oxygen atoms in total. The molecule has 24 heavy (non-hydrogen) atoms. The zero-order valence-electron chi connectivity index (χ0n) is 13.1. The van der Waals surface area contributed by atoms with Gasteiger partial charge in [0.2, 0.25) is 0 Å². The Morgan fingerprint density at radius 3 is 2.50 bits per heavy atom. The lowest BCUT2D eigenvalue weighted by molar-refractivity contribution is -0.119. The number of carbonyl (C=O) groups excluding carboxylic acids is 1. The second-order valence-corrected chi connectivity index (χ2v) is 5.95. The smallest absolute Gasteiger partial charge is 0.255 e. The third kappa shape index (κ3) is 5.21. The Balaban J connectivity index is 2.01. The number of nitrogens with two attached hydrogens (primary N) is 1.